The fraction of sp³-hybridized carbons (Fsp3) is 0.436. The number of imide groups is 1. The predicted octanol–water partition coefficient (Wildman–Crippen LogP) is 1.93. The lowest BCUT2D eigenvalue weighted by Gasteiger charge is -2.41. The summed E-state index contributed by atoms with van der Waals surface area (Å²) in [5.74, 6) is -0.345. The number of ether oxygens (including phenoxy) is 2. The normalized spacial score (nSPS) is 17.7. The summed E-state index contributed by atoms with van der Waals surface area (Å²) in [6, 6.07) is 8.98. The first kappa shape index (κ1) is 40.5. The van der Waals surface area contributed by atoms with E-state index in [1.807, 2.05) is 25.7 Å². The second-order valence-corrected chi connectivity index (χ2v) is 14.2. The van der Waals surface area contributed by atoms with E-state index in [0.29, 0.717) is 71.0 Å². The summed E-state index contributed by atoms with van der Waals surface area (Å²) in [4.78, 5) is 89.4. The van der Waals surface area contributed by atoms with Gasteiger partial charge in [-0.25, -0.2) is 4.98 Å². The van der Waals surface area contributed by atoms with E-state index in [4.69, 9.17) is 14.5 Å². The summed E-state index contributed by atoms with van der Waals surface area (Å²) >= 11 is 0. The van der Waals surface area contributed by atoms with Gasteiger partial charge in [0, 0.05) is 74.5 Å². The zero-order chi connectivity index (χ0) is 40.8. The van der Waals surface area contributed by atoms with Gasteiger partial charge in [-0.1, -0.05) is 6.07 Å². The minimum absolute atomic E-state index is 0.0306. The first-order valence-electron chi connectivity index (χ1n) is 18.9. The number of amides is 6. The number of aromatic nitrogens is 2. The van der Waals surface area contributed by atoms with Gasteiger partial charge < -0.3 is 45.4 Å². The van der Waals surface area contributed by atoms with E-state index in [9.17, 15) is 28.8 Å². The number of hydrogen-bond donors (Lipinski definition) is 5. The molecule has 4 heterocycles. The highest BCUT2D eigenvalue weighted by Gasteiger charge is 2.40. The van der Waals surface area contributed by atoms with Gasteiger partial charge in [0.2, 0.25) is 29.6 Å². The van der Waals surface area contributed by atoms with Crippen molar-refractivity contribution in [2.75, 3.05) is 67.4 Å². The number of likely N-dealkylation sites (N-methyl/N-ethyl adjacent to an activating group) is 1. The molecule has 3 aliphatic rings. The summed E-state index contributed by atoms with van der Waals surface area (Å²) < 4.78 is 11.2. The zero-order valence-corrected chi connectivity index (χ0v) is 32.6. The molecule has 57 heavy (non-hydrogen) atoms. The maximum absolute atomic E-state index is 13.0. The molecule has 302 valence electrons. The largest absolute Gasteiger partial charge is 0.495 e. The van der Waals surface area contributed by atoms with Crippen molar-refractivity contribution in [1.82, 2.24) is 30.8 Å². The van der Waals surface area contributed by atoms with Gasteiger partial charge in [-0.3, -0.25) is 34.1 Å². The fourth-order valence-electron chi connectivity index (χ4n) is 7.13. The number of methoxy groups -OCH3 is 1. The van der Waals surface area contributed by atoms with E-state index in [1.165, 1.54) is 12.0 Å². The number of carbonyl (C=O) groups is 6. The first-order chi connectivity index (χ1) is 27.4. The average Bonchev–Trinajstić information content (AvgIpc) is 3.52. The smallest absolute Gasteiger partial charge is 0.255 e. The number of piperidine rings is 1. The molecule has 3 aromatic rings. The van der Waals surface area contributed by atoms with Crippen LogP contribution in [0.15, 0.2) is 42.6 Å². The van der Waals surface area contributed by atoms with Crippen LogP contribution in [0.4, 0.5) is 28.8 Å². The fourth-order valence-corrected chi connectivity index (χ4v) is 7.13. The van der Waals surface area contributed by atoms with Crippen LogP contribution < -0.4 is 41.1 Å². The molecule has 0 spiro atoms. The Kier molecular flexibility index (Phi) is 12.6. The van der Waals surface area contributed by atoms with Gasteiger partial charge in [-0.2, -0.15) is 4.98 Å². The van der Waals surface area contributed by atoms with Gasteiger partial charge in [0.1, 0.15) is 23.5 Å². The van der Waals surface area contributed by atoms with Crippen molar-refractivity contribution in [3.8, 4) is 5.75 Å². The van der Waals surface area contributed by atoms with Gasteiger partial charge in [0.15, 0.2) is 5.82 Å². The highest BCUT2D eigenvalue weighted by molar-refractivity contribution is 6.07. The highest BCUT2D eigenvalue weighted by atomic mass is 16.5. The molecule has 6 amide bonds. The molecule has 6 rings (SSSR count). The molecule has 5 N–H and O–H groups in total. The Morgan fingerprint density at radius 3 is 2.58 bits per heavy atom. The van der Waals surface area contributed by atoms with Crippen molar-refractivity contribution >= 4 is 64.3 Å². The van der Waals surface area contributed by atoms with Gasteiger partial charge >= 0.3 is 0 Å². The predicted molar refractivity (Wildman–Crippen MR) is 211 cm³/mol. The lowest BCUT2D eigenvalue weighted by molar-refractivity contribution is -0.137. The molecule has 2 aromatic carbocycles. The molecule has 0 saturated carbocycles. The van der Waals surface area contributed by atoms with Gasteiger partial charge in [-0.15, -0.1) is 0 Å². The van der Waals surface area contributed by atoms with Crippen LogP contribution >= 0.6 is 0 Å². The number of rotatable bonds is 16. The van der Waals surface area contributed by atoms with Crippen LogP contribution in [-0.4, -0.2) is 115 Å². The zero-order valence-electron chi connectivity index (χ0n) is 32.6. The molecule has 18 heteroatoms. The number of benzene rings is 2. The van der Waals surface area contributed by atoms with E-state index in [0.717, 1.165) is 0 Å². The molecule has 18 nitrogen and oxygen atoms in total. The minimum atomic E-state index is -0.734. The molecule has 1 saturated heterocycles. The first-order valence-corrected chi connectivity index (χ1v) is 18.9. The Morgan fingerprint density at radius 2 is 1.82 bits per heavy atom. The second-order valence-electron chi connectivity index (χ2n) is 14.2. The number of fused-ring (bicyclic) bond motifs is 2. The Balaban J connectivity index is 0.892. The molecule has 0 bridgehead atoms. The second kappa shape index (κ2) is 17.8. The third-order valence-corrected chi connectivity index (χ3v) is 10.1. The maximum atomic E-state index is 13.0. The van der Waals surface area contributed by atoms with Crippen LogP contribution in [0, 0.1) is 0 Å². The standard InChI is InChI=1S/C39H48N10O8/c1-22(2)49-23(3)37(54)47(4)30-20-42-39(46-34(30)49)44-28-10-9-24(19-31(28)56-5)35(52)41-16-18-57-17-15-40-14-13-33(51)43-27-8-6-7-25-26(27)21-48(38(25)55)29-11-12-32(50)45-36(29)53/h6-10,19-20,22-23,29,40H,11-18,21H2,1-5H3,(H,41,52)(H,43,51)(H,42,44,46)(H,45,50,53)/t23-,29?/m1/s1. The average molecular weight is 785 g/mol. The van der Waals surface area contributed by atoms with Crippen molar-refractivity contribution < 1.29 is 38.2 Å². The van der Waals surface area contributed by atoms with E-state index in [-0.39, 0.29) is 80.6 Å². The van der Waals surface area contributed by atoms with Gasteiger partial charge in [-0.05, 0) is 57.5 Å². The summed E-state index contributed by atoms with van der Waals surface area (Å²) in [6.07, 6.45) is 2.21. The lowest BCUT2D eigenvalue weighted by atomic mass is 10.0. The third kappa shape index (κ3) is 8.97. The molecular formula is C39H48N10O8. The number of anilines is 5. The van der Waals surface area contributed by atoms with E-state index >= 15 is 0 Å². The number of nitrogens with zero attached hydrogens (tertiary/aromatic N) is 5. The minimum Gasteiger partial charge on any atom is -0.495 e. The summed E-state index contributed by atoms with van der Waals surface area (Å²) in [7, 11) is 3.22. The van der Waals surface area contributed by atoms with Crippen molar-refractivity contribution in [2.24, 2.45) is 0 Å². The molecule has 1 unspecified atom stereocenters. The quantitative estimate of drug-likeness (QED) is 0.104. The molecule has 3 aliphatic heterocycles. The number of nitrogens with one attached hydrogen (secondary N) is 5. The molecular weight excluding hydrogens is 736 g/mol. The van der Waals surface area contributed by atoms with Crippen molar-refractivity contribution in [3.05, 3.63) is 59.3 Å². The van der Waals surface area contributed by atoms with Crippen molar-refractivity contribution in [1.29, 1.82) is 0 Å². The summed E-state index contributed by atoms with van der Waals surface area (Å²) in [5.41, 5.74) is 3.15. The molecule has 0 radical (unpaired) electrons. The Morgan fingerprint density at radius 1 is 1.04 bits per heavy atom. The van der Waals surface area contributed by atoms with E-state index in [1.54, 1.807) is 54.5 Å². The molecule has 2 atom stereocenters. The summed E-state index contributed by atoms with van der Waals surface area (Å²) in [6.45, 7) is 7.82. The SMILES string of the molecule is COc1cc(C(=O)NCCOCCNCCC(=O)Nc2cccc3c2CN(C2CCC(=O)NC2=O)C3=O)ccc1Nc1ncc2c(n1)N(C(C)C)[C@H](C)C(=O)N2C. The van der Waals surface area contributed by atoms with Crippen LogP contribution in [-0.2, 0) is 30.5 Å². The topological polar surface area (TPSA) is 217 Å². The van der Waals surface area contributed by atoms with Crippen molar-refractivity contribution in [3.63, 3.8) is 0 Å². The van der Waals surface area contributed by atoms with Crippen LogP contribution in [0.2, 0.25) is 0 Å². The van der Waals surface area contributed by atoms with E-state index in [2.05, 4.69) is 31.6 Å². The highest BCUT2D eigenvalue weighted by Crippen LogP contribution is 2.37. The van der Waals surface area contributed by atoms with E-state index < -0.39 is 11.9 Å². The maximum Gasteiger partial charge on any atom is 0.255 e. The third-order valence-electron chi connectivity index (χ3n) is 10.1. The van der Waals surface area contributed by atoms with Crippen molar-refractivity contribution in [2.45, 2.75) is 64.7 Å². The molecule has 1 fully saturated rings. The molecule has 1 aromatic heterocycles. The number of carbonyl (C=O) groups excluding carboxylic acids is 6. The monoisotopic (exact) mass is 784 g/mol. The molecule has 0 aliphatic carbocycles. The number of hydrogen-bond acceptors (Lipinski definition) is 13. The lowest BCUT2D eigenvalue weighted by Crippen LogP contribution is -2.53. The Bertz CT molecular complexity index is 2060. The van der Waals surface area contributed by atoms with Crippen LogP contribution in [0.1, 0.15) is 66.3 Å². The van der Waals surface area contributed by atoms with Gasteiger partial charge in [0.05, 0.1) is 32.2 Å². The van der Waals surface area contributed by atoms with Crippen LogP contribution in [0.3, 0.4) is 0 Å². The van der Waals surface area contributed by atoms with Gasteiger partial charge in [0.25, 0.3) is 11.8 Å². The van der Waals surface area contributed by atoms with Crippen LogP contribution in [0.25, 0.3) is 0 Å². The summed E-state index contributed by atoms with van der Waals surface area (Å²) in [5, 5.41) is 14.3. The van der Waals surface area contributed by atoms with Crippen LogP contribution in [0.5, 0.6) is 5.75 Å². The Labute approximate surface area is 330 Å². The Hall–Kier alpha value is -6.14.